The van der Waals surface area contributed by atoms with E-state index in [1.165, 1.54) is 18.5 Å². The van der Waals surface area contributed by atoms with Gasteiger partial charge in [0.2, 0.25) is 15.9 Å². The number of nitrogens with zero attached hydrogens (tertiary/aromatic N) is 4. The highest BCUT2D eigenvalue weighted by molar-refractivity contribution is 7.91. The zero-order chi connectivity index (χ0) is 22.7. The standard InChI is InChI=1S/C21H17F2N5O3S/c1-14-24-6-7-28(14)20-11-21(26-13-25-20)31-19-4-2-18(3-5-19)27-32(29,30)12-15-8-16(22)10-17(23)9-15/h2-11,13,27H,12H2,1H3. The number of aryl methyl sites for hydroxylation is 1. The summed E-state index contributed by atoms with van der Waals surface area (Å²) in [5.74, 6) is -0.190. The van der Waals surface area contributed by atoms with Crippen LogP contribution >= 0.6 is 0 Å². The fourth-order valence-corrected chi connectivity index (χ4v) is 4.15. The van der Waals surface area contributed by atoms with Crippen LogP contribution in [0.2, 0.25) is 0 Å². The van der Waals surface area contributed by atoms with Gasteiger partial charge < -0.3 is 4.74 Å². The SMILES string of the molecule is Cc1nccn1-c1cc(Oc2ccc(NS(=O)(=O)Cc3cc(F)cc(F)c3)cc2)ncn1. The minimum atomic E-state index is -3.88. The van der Waals surface area contributed by atoms with Crippen molar-refractivity contribution in [3.8, 4) is 17.4 Å². The molecule has 0 unspecified atom stereocenters. The molecule has 0 radical (unpaired) electrons. The second-order valence-electron chi connectivity index (χ2n) is 6.82. The van der Waals surface area contributed by atoms with Gasteiger partial charge >= 0.3 is 0 Å². The smallest absolute Gasteiger partial charge is 0.236 e. The zero-order valence-electron chi connectivity index (χ0n) is 16.7. The van der Waals surface area contributed by atoms with E-state index >= 15 is 0 Å². The monoisotopic (exact) mass is 457 g/mol. The number of sulfonamides is 1. The summed E-state index contributed by atoms with van der Waals surface area (Å²) in [4.78, 5) is 12.4. The molecule has 2 aromatic heterocycles. The minimum absolute atomic E-state index is 0.00245. The first-order valence-corrected chi connectivity index (χ1v) is 11.0. The first kappa shape index (κ1) is 21.4. The number of hydrogen-bond acceptors (Lipinski definition) is 6. The van der Waals surface area contributed by atoms with Crippen LogP contribution in [-0.4, -0.2) is 27.9 Å². The molecule has 0 saturated heterocycles. The van der Waals surface area contributed by atoms with E-state index in [2.05, 4.69) is 19.7 Å². The highest BCUT2D eigenvalue weighted by Crippen LogP contribution is 2.23. The lowest BCUT2D eigenvalue weighted by atomic mass is 10.2. The van der Waals surface area contributed by atoms with Crippen molar-refractivity contribution in [3.63, 3.8) is 0 Å². The highest BCUT2D eigenvalue weighted by Gasteiger charge is 2.14. The maximum Gasteiger partial charge on any atom is 0.236 e. The number of halogens is 2. The normalized spacial score (nSPS) is 11.3. The molecule has 0 spiro atoms. The molecule has 164 valence electrons. The summed E-state index contributed by atoms with van der Waals surface area (Å²) in [5, 5.41) is 0. The molecule has 2 aromatic carbocycles. The van der Waals surface area contributed by atoms with Crippen molar-refractivity contribution < 1.29 is 21.9 Å². The number of benzene rings is 2. The number of imidazole rings is 1. The average Bonchev–Trinajstić information content (AvgIpc) is 3.14. The van der Waals surface area contributed by atoms with Crippen molar-refractivity contribution >= 4 is 15.7 Å². The van der Waals surface area contributed by atoms with Crippen molar-refractivity contribution in [1.29, 1.82) is 0 Å². The second kappa shape index (κ2) is 8.71. The molecule has 0 fully saturated rings. The highest BCUT2D eigenvalue weighted by atomic mass is 32.2. The topological polar surface area (TPSA) is 99.0 Å². The van der Waals surface area contributed by atoms with Crippen LogP contribution in [0.4, 0.5) is 14.5 Å². The summed E-state index contributed by atoms with van der Waals surface area (Å²) in [7, 11) is -3.88. The third-order valence-electron chi connectivity index (χ3n) is 4.33. The van der Waals surface area contributed by atoms with Crippen LogP contribution < -0.4 is 9.46 Å². The average molecular weight is 457 g/mol. The molecule has 4 rings (SSSR count). The molecule has 8 nitrogen and oxygen atoms in total. The van der Waals surface area contributed by atoms with Crippen LogP contribution in [0.5, 0.6) is 11.6 Å². The summed E-state index contributed by atoms with van der Waals surface area (Å²) in [5.41, 5.74) is 0.272. The quantitative estimate of drug-likeness (QED) is 0.451. The van der Waals surface area contributed by atoms with Crippen molar-refractivity contribution in [3.05, 3.63) is 90.3 Å². The third kappa shape index (κ3) is 5.24. The van der Waals surface area contributed by atoms with E-state index in [9.17, 15) is 17.2 Å². The Kier molecular flexibility index (Phi) is 5.82. The van der Waals surface area contributed by atoms with Gasteiger partial charge in [-0.2, -0.15) is 0 Å². The molecule has 32 heavy (non-hydrogen) atoms. The zero-order valence-corrected chi connectivity index (χ0v) is 17.6. The Morgan fingerprint density at radius 1 is 1.00 bits per heavy atom. The van der Waals surface area contributed by atoms with Gasteiger partial charge in [-0.25, -0.2) is 32.2 Å². The van der Waals surface area contributed by atoms with Gasteiger partial charge in [0.1, 0.15) is 35.4 Å². The Labute approximate surface area is 182 Å². The molecule has 0 aliphatic heterocycles. The molecular weight excluding hydrogens is 440 g/mol. The predicted octanol–water partition coefficient (Wildman–Crippen LogP) is 3.98. The van der Waals surface area contributed by atoms with E-state index in [1.54, 1.807) is 35.2 Å². The van der Waals surface area contributed by atoms with Gasteiger partial charge in [-0.3, -0.25) is 9.29 Å². The first-order chi connectivity index (χ1) is 15.3. The summed E-state index contributed by atoms with van der Waals surface area (Å²) in [6.07, 6.45) is 4.78. The van der Waals surface area contributed by atoms with E-state index in [0.717, 1.165) is 18.0 Å². The number of rotatable bonds is 7. The predicted molar refractivity (Wildman–Crippen MR) is 113 cm³/mol. The summed E-state index contributed by atoms with van der Waals surface area (Å²) >= 11 is 0. The Balaban J connectivity index is 1.44. The molecule has 11 heteroatoms. The van der Waals surface area contributed by atoms with Gasteiger partial charge in [0.25, 0.3) is 0 Å². The third-order valence-corrected chi connectivity index (χ3v) is 5.59. The van der Waals surface area contributed by atoms with Crippen LogP contribution in [0.3, 0.4) is 0 Å². The van der Waals surface area contributed by atoms with Crippen molar-refractivity contribution in [1.82, 2.24) is 19.5 Å². The van der Waals surface area contributed by atoms with Crippen LogP contribution in [0.25, 0.3) is 5.82 Å². The van der Waals surface area contributed by atoms with Gasteiger partial charge in [-0.15, -0.1) is 0 Å². The summed E-state index contributed by atoms with van der Waals surface area (Å²) < 4.78 is 61.1. The lowest BCUT2D eigenvalue weighted by Crippen LogP contribution is -2.15. The van der Waals surface area contributed by atoms with E-state index in [4.69, 9.17) is 4.74 Å². The summed E-state index contributed by atoms with van der Waals surface area (Å²) in [6, 6.07) is 10.4. The molecule has 1 N–H and O–H groups in total. The molecule has 2 heterocycles. The molecule has 4 aromatic rings. The molecule has 0 aliphatic carbocycles. The summed E-state index contributed by atoms with van der Waals surface area (Å²) in [6.45, 7) is 1.84. The van der Waals surface area contributed by atoms with E-state index < -0.39 is 27.4 Å². The number of aromatic nitrogens is 4. The molecule has 0 atom stereocenters. The molecule has 0 amide bonds. The van der Waals surface area contributed by atoms with Gasteiger partial charge in [-0.05, 0) is 48.9 Å². The fraction of sp³-hybridized carbons (Fsp3) is 0.0952. The Hall–Kier alpha value is -3.86. The maximum absolute atomic E-state index is 13.3. The first-order valence-electron chi connectivity index (χ1n) is 9.33. The van der Waals surface area contributed by atoms with Crippen molar-refractivity contribution in [2.45, 2.75) is 12.7 Å². The molecule has 0 saturated carbocycles. The second-order valence-corrected chi connectivity index (χ2v) is 8.55. The van der Waals surface area contributed by atoms with Crippen LogP contribution in [0.1, 0.15) is 11.4 Å². The number of nitrogens with one attached hydrogen (secondary N) is 1. The Morgan fingerprint density at radius 3 is 2.38 bits per heavy atom. The molecule has 0 aliphatic rings. The van der Waals surface area contributed by atoms with E-state index in [-0.39, 0.29) is 11.3 Å². The molecule has 0 bridgehead atoms. The van der Waals surface area contributed by atoms with Crippen molar-refractivity contribution in [2.75, 3.05) is 4.72 Å². The lowest BCUT2D eigenvalue weighted by Gasteiger charge is -2.10. The number of ether oxygens (including phenoxy) is 1. The van der Waals surface area contributed by atoms with Crippen molar-refractivity contribution in [2.24, 2.45) is 0 Å². The Morgan fingerprint density at radius 2 is 1.72 bits per heavy atom. The van der Waals surface area contributed by atoms with Crippen LogP contribution in [-0.2, 0) is 15.8 Å². The Bertz CT molecular complexity index is 1340. The van der Waals surface area contributed by atoms with Gasteiger partial charge in [-0.1, -0.05) is 0 Å². The fourth-order valence-electron chi connectivity index (χ4n) is 2.98. The van der Waals surface area contributed by atoms with E-state index in [0.29, 0.717) is 23.5 Å². The van der Waals surface area contributed by atoms with Crippen LogP contribution in [0, 0.1) is 18.6 Å². The number of hydrogen-bond donors (Lipinski definition) is 1. The maximum atomic E-state index is 13.3. The minimum Gasteiger partial charge on any atom is -0.439 e. The largest absolute Gasteiger partial charge is 0.439 e. The molecular formula is C21H17F2N5O3S. The van der Waals surface area contributed by atoms with Gasteiger partial charge in [0, 0.05) is 30.2 Å². The van der Waals surface area contributed by atoms with Gasteiger partial charge in [0.05, 0.1) is 5.75 Å². The van der Waals surface area contributed by atoms with Gasteiger partial charge in [0.15, 0.2) is 0 Å². The van der Waals surface area contributed by atoms with E-state index in [1.807, 2.05) is 6.92 Å². The number of anilines is 1. The van der Waals surface area contributed by atoms with Crippen LogP contribution in [0.15, 0.2) is 67.3 Å². The lowest BCUT2D eigenvalue weighted by molar-refractivity contribution is 0.461.